The van der Waals surface area contributed by atoms with E-state index in [1.807, 2.05) is 12.1 Å². The van der Waals surface area contributed by atoms with Crippen LogP contribution in [0.2, 0.25) is 0 Å². The summed E-state index contributed by atoms with van der Waals surface area (Å²) in [6.45, 7) is 0. The highest BCUT2D eigenvalue weighted by Gasteiger charge is 2.32. The monoisotopic (exact) mass is 289 g/mol. The van der Waals surface area contributed by atoms with Gasteiger partial charge in [0.05, 0.1) is 12.0 Å². The normalized spacial score (nSPS) is 18.1. The molecule has 0 bridgehead atoms. The Kier molecular flexibility index (Phi) is 3.23. The molecule has 0 unspecified atom stereocenters. The van der Waals surface area contributed by atoms with E-state index in [9.17, 15) is 4.39 Å². The summed E-state index contributed by atoms with van der Waals surface area (Å²) in [6.07, 6.45) is 2.21. The van der Waals surface area contributed by atoms with E-state index >= 15 is 0 Å². The molecule has 1 atom stereocenters. The van der Waals surface area contributed by atoms with E-state index in [0.717, 1.165) is 17.0 Å². The van der Waals surface area contributed by atoms with Gasteiger partial charge in [-0.15, -0.1) is 0 Å². The first-order chi connectivity index (χ1) is 9.65. The molecule has 1 aromatic carbocycles. The van der Waals surface area contributed by atoms with Crippen LogP contribution in [0.5, 0.6) is 0 Å². The van der Waals surface area contributed by atoms with E-state index in [-0.39, 0.29) is 17.0 Å². The zero-order valence-corrected chi connectivity index (χ0v) is 11.3. The number of benzene rings is 1. The van der Waals surface area contributed by atoms with Gasteiger partial charge in [0.25, 0.3) is 0 Å². The van der Waals surface area contributed by atoms with E-state index in [1.165, 1.54) is 12.1 Å². The summed E-state index contributed by atoms with van der Waals surface area (Å²) in [6, 6.07) is 9.71. The summed E-state index contributed by atoms with van der Waals surface area (Å²) in [7, 11) is 0. The van der Waals surface area contributed by atoms with Crippen molar-refractivity contribution in [2.45, 2.75) is 12.5 Å². The molecule has 1 aliphatic heterocycles. The topological polar surface area (TPSA) is 54.8 Å². The van der Waals surface area contributed by atoms with Gasteiger partial charge in [0.15, 0.2) is 5.11 Å². The van der Waals surface area contributed by atoms with Crippen molar-refractivity contribution in [3.63, 3.8) is 0 Å². The third-order valence-electron chi connectivity index (χ3n) is 3.19. The number of thiocarbonyl (C=S) groups is 1. The first-order valence-electron chi connectivity index (χ1n) is 6.10. The Morgan fingerprint density at radius 3 is 2.70 bits per heavy atom. The van der Waals surface area contributed by atoms with Crippen molar-refractivity contribution in [3.05, 3.63) is 59.8 Å². The highest BCUT2D eigenvalue weighted by molar-refractivity contribution is 7.80. The van der Waals surface area contributed by atoms with E-state index in [4.69, 9.17) is 22.4 Å². The fourth-order valence-electron chi connectivity index (χ4n) is 2.23. The molecule has 0 aliphatic carbocycles. The fourth-order valence-corrected chi connectivity index (χ4v) is 2.40. The lowest BCUT2D eigenvalue weighted by Gasteiger charge is -2.19. The van der Waals surface area contributed by atoms with Crippen LogP contribution in [0.15, 0.2) is 52.2 Å². The van der Waals surface area contributed by atoms with E-state index in [0.29, 0.717) is 6.42 Å². The summed E-state index contributed by atoms with van der Waals surface area (Å²) in [5.41, 5.74) is 7.36. The molecule has 0 saturated heterocycles. The molecule has 102 valence electrons. The Bertz CT molecular complexity index is 652. The smallest absolute Gasteiger partial charge is 0.187 e. The third kappa shape index (κ3) is 2.30. The van der Waals surface area contributed by atoms with Crippen LogP contribution in [0, 0.1) is 5.82 Å². The summed E-state index contributed by atoms with van der Waals surface area (Å²) >= 11 is 5.02. The fraction of sp³-hybridized carbons (Fsp3) is 0.143. The SMILES string of the molecule is NC(=S)N1N=C(c2ccc(F)cc2)C[C@@H]1c1ccco1. The zero-order valence-electron chi connectivity index (χ0n) is 10.5. The molecule has 2 N–H and O–H groups in total. The Morgan fingerprint density at radius 2 is 2.10 bits per heavy atom. The predicted octanol–water partition coefficient (Wildman–Crippen LogP) is 2.81. The van der Waals surface area contributed by atoms with Gasteiger partial charge in [-0.3, -0.25) is 0 Å². The van der Waals surface area contributed by atoms with E-state index in [1.54, 1.807) is 23.4 Å². The van der Waals surface area contributed by atoms with Crippen LogP contribution in [-0.4, -0.2) is 15.8 Å². The Labute approximate surface area is 120 Å². The quantitative estimate of drug-likeness (QED) is 0.864. The third-order valence-corrected chi connectivity index (χ3v) is 3.37. The summed E-state index contributed by atoms with van der Waals surface area (Å²) < 4.78 is 18.4. The van der Waals surface area contributed by atoms with Crippen LogP contribution < -0.4 is 5.73 Å². The lowest BCUT2D eigenvalue weighted by Crippen LogP contribution is -2.31. The molecule has 0 spiro atoms. The van der Waals surface area contributed by atoms with Gasteiger partial charge >= 0.3 is 0 Å². The largest absolute Gasteiger partial charge is 0.467 e. The van der Waals surface area contributed by atoms with Crippen molar-refractivity contribution < 1.29 is 8.81 Å². The molecule has 3 rings (SSSR count). The highest BCUT2D eigenvalue weighted by Crippen LogP contribution is 2.32. The maximum atomic E-state index is 13.0. The van der Waals surface area contributed by atoms with Gasteiger partial charge < -0.3 is 10.2 Å². The second-order valence-corrected chi connectivity index (χ2v) is 4.89. The minimum atomic E-state index is -0.277. The second kappa shape index (κ2) is 5.05. The van der Waals surface area contributed by atoms with Gasteiger partial charge in [0, 0.05) is 6.42 Å². The standard InChI is InChI=1S/C14H12FN3OS/c15-10-5-3-9(4-6-10)11-8-12(13-2-1-7-19-13)18(17-11)14(16)20/h1-7,12H,8H2,(H2,16,20)/t12-/m1/s1. The number of nitrogens with zero attached hydrogens (tertiary/aromatic N) is 2. The van der Waals surface area contributed by atoms with Gasteiger partial charge in [0.1, 0.15) is 17.6 Å². The molecule has 20 heavy (non-hydrogen) atoms. The maximum absolute atomic E-state index is 13.0. The van der Waals surface area contributed by atoms with Crippen molar-refractivity contribution in [2.75, 3.05) is 0 Å². The number of hydrogen-bond acceptors (Lipinski definition) is 3. The van der Waals surface area contributed by atoms with Gasteiger partial charge in [0.2, 0.25) is 0 Å². The van der Waals surface area contributed by atoms with Crippen LogP contribution in [0.3, 0.4) is 0 Å². The van der Waals surface area contributed by atoms with Crippen LogP contribution in [0.25, 0.3) is 0 Å². The lowest BCUT2D eigenvalue weighted by molar-refractivity contribution is 0.316. The number of furan rings is 1. The lowest BCUT2D eigenvalue weighted by atomic mass is 10.0. The van der Waals surface area contributed by atoms with Crippen LogP contribution in [0.4, 0.5) is 4.39 Å². The van der Waals surface area contributed by atoms with E-state index in [2.05, 4.69) is 5.10 Å². The molecule has 6 heteroatoms. The molecule has 0 saturated carbocycles. The summed E-state index contributed by atoms with van der Waals surface area (Å²) in [5.74, 6) is 0.472. The number of nitrogens with two attached hydrogens (primary N) is 1. The highest BCUT2D eigenvalue weighted by atomic mass is 32.1. The Morgan fingerprint density at radius 1 is 1.35 bits per heavy atom. The number of hydrogen-bond donors (Lipinski definition) is 1. The van der Waals surface area contributed by atoms with Crippen molar-refractivity contribution >= 4 is 23.0 Å². The molecular weight excluding hydrogens is 277 g/mol. The van der Waals surface area contributed by atoms with Crippen molar-refractivity contribution in [1.82, 2.24) is 5.01 Å². The van der Waals surface area contributed by atoms with Crippen molar-refractivity contribution in [3.8, 4) is 0 Å². The van der Waals surface area contributed by atoms with Gasteiger partial charge in [-0.1, -0.05) is 12.1 Å². The molecule has 0 amide bonds. The van der Waals surface area contributed by atoms with Crippen LogP contribution in [0.1, 0.15) is 23.8 Å². The first-order valence-corrected chi connectivity index (χ1v) is 6.51. The number of rotatable bonds is 2. The first kappa shape index (κ1) is 12.8. The van der Waals surface area contributed by atoms with E-state index < -0.39 is 0 Å². The molecule has 0 radical (unpaired) electrons. The maximum Gasteiger partial charge on any atom is 0.187 e. The number of halogens is 1. The number of hydrazone groups is 1. The molecule has 1 aromatic heterocycles. The van der Waals surface area contributed by atoms with Crippen molar-refractivity contribution in [1.29, 1.82) is 0 Å². The minimum absolute atomic E-state index is 0.150. The summed E-state index contributed by atoms with van der Waals surface area (Å²) in [5, 5.41) is 6.17. The second-order valence-electron chi connectivity index (χ2n) is 4.47. The summed E-state index contributed by atoms with van der Waals surface area (Å²) in [4.78, 5) is 0. The zero-order chi connectivity index (χ0) is 14.1. The molecule has 1 aliphatic rings. The molecular formula is C14H12FN3OS. The average Bonchev–Trinajstić information content (AvgIpc) is 3.08. The van der Waals surface area contributed by atoms with Gasteiger partial charge in [-0.05, 0) is 42.0 Å². The molecule has 2 aromatic rings. The molecule has 2 heterocycles. The minimum Gasteiger partial charge on any atom is -0.467 e. The van der Waals surface area contributed by atoms with Crippen LogP contribution in [-0.2, 0) is 0 Å². The Balaban J connectivity index is 1.92. The van der Waals surface area contributed by atoms with Crippen molar-refractivity contribution in [2.24, 2.45) is 10.8 Å². The van der Waals surface area contributed by atoms with Gasteiger partial charge in [-0.25, -0.2) is 9.40 Å². The molecule has 4 nitrogen and oxygen atoms in total. The van der Waals surface area contributed by atoms with Gasteiger partial charge in [-0.2, -0.15) is 5.10 Å². The Hall–Kier alpha value is -2.21. The predicted molar refractivity (Wildman–Crippen MR) is 77.6 cm³/mol. The van der Waals surface area contributed by atoms with Crippen LogP contribution >= 0.6 is 12.2 Å². The molecule has 0 fully saturated rings. The average molecular weight is 289 g/mol.